The zero-order valence-corrected chi connectivity index (χ0v) is 14.8. The van der Waals surface area contributed by atoms with Crippen LogP contribution in [0.3, 0.4) is 0 Å². The van der Waals surface area contributed by atoms with E-state index in [0.29, 0.717) is 29.4 Å². The second-order valence-electron chi connectivity index (χ2n) is 5.35. The Labute approximate surface area is 149 Å². The molecule has 124 valence electrons. The number of thioether (sulfide) groups is 2. The van der Waals surface area contributed by atoms with E-state index in [9.17, 15) is 9.59 Å². The lowest BCUT2D eigenvalue weighted by atomic mass is 10.2. The second-order valence-corrected chi connectivity index (χ2v) is 7.53. The molecule has 0 aromatic heterocycles. The van der Waals surface area contributed by atoms with E-state index < -0.39 is 0 Å². The minimum absolute atomic E-state index is 0.0486. The first-order valence-electron chi connectivity index (χ1n) is 7.55. The maximum atomic E-state index is 12.1. The highest BCUT2D eigenvalue weighted by Crippen LogP contribution is 2.32. The van der Waals surface area contributed by atoms with Gasteiger partial charge >= 0.3 is 5.97 Å². The Hall–Kier alpha value is -1.92. The van der Waals surface area contributed by atoms with Gasteiger partial charge < -0.3 is 10.1 Å². The third-order valence-electron chi connectivity index (χ3n) is 3.45. The number of nitrogens with one attached hydrogen (secondary N) is 1. The van der Waals surface area contributed by atoms with E-state index in [1.165, 1.54) is 17.3 Å². The number of esters is 1. The smallest absolute Gasteiger partial charge is 0.338 e. The number of amides is 1. The molecule has 3 rings (SSSR count). The first-order chi connectivity index (χ1) is 11.6. The Morgan fingerprint density at radius 3 is 2.83 bits per heavy atom. The van der Waals surface area contributed by atoms with Crippen molar-refractivity contribution in [3.05, 3.63) is 53.6 Å². The van der Waals surface area contributed by atoms with Crippen LogP contribution in [-0.4, -0.2) is 30.0 Å². The minimum Gasteiger partial charge on any atom is -0.461 e. The number of aryl methyl sites for hydroxylation is 1. The average molecular weight is 359 g/mol. The topological polar surface area (TPSA) is 55.4 Å². The van der Waals surface area contributed by atoms with Crippen LogP contribution in [0.2, 0.25) is 0 Å². The summed E-state index contributed by atoms with van der Waals surface area (Å²) in [5.74, 6) is 0.693. The molecule has 0 aliphatic carbocycles. The number of carbonyl (C=O) groups is 2. The lowest BCUT2D eigenvalue weighted by Crippen LogP contribution is -2.19. The molecule has 0 radical (unpaired) electrons. The summed E-state index contributed by atoms with van der Waals surface area (Å²) in [6.45, 7) is 2.39. The predicted octanol–water partition coefficient (Wildman–Crippen LogP) is 3.99. The third-order valence-corrected chi connectivity index (χ3v) is 5.50. The lowest BCUT2D eigenvalue weighted by molar-refractivity contribution is -0.113. The molecular formula is C18H17NO3S2. The van der Waals surface area contributed by atoms with Crippen LogP contribution < -0.4 is 5.32 Å². The molecule has 0 spiro atoms. The summed E-state index contributed by atoms with van der Waals surface area (Å²) in [6, 6.07) is 13.5. The van der Waals surface area contributed by atoms with Crippen molar-refractivity contribution in [3.8, 4) is 0 Å². The Balaban J connectivity index is 1.51. The van der Waals surface area contributed by atoms with Crippen LogP contribution in [-0.2, 0) is 9.53 Å². The Bertz CT molecular complexity index is 759. The molecule has 4 nitrogen and oxygen atoms in total. The number of fused-ring (bicyclic) bond motifs is 1. The van der Waals surface area contributed by atoms with E-state index in [2.05, 4.69) is 36.5 Å². The van der Waals surface area contributed by atoms with Gasteiger partial charge in [-0.2, -0.15) is 0 Å². The molecule has 0 atom stereocenters. The van der Waals surface area contributed by atoms with Gasteiger partial charge in [0.1, 0.15) is 6.61 Å². The summed E-state index contributed by atoms with van der Waals surface area (Å²) in [7, 11) is 0. The van der Waals surface area contributed by atoms with Crippen LogP contribution in [0.25, 0.3) is 0 Å². The quantitative estimate of drug-likeness (QED) is 0.497. The maximum Gasteiger partial charge on any atom is 0.338 e. The molecule has 1 heterocycles. The van der Waals surface area contributed by atoms with E-state index in [1.54, 1.807) is 23.9 Å². The standard InChI is InChI=1S/C18H17NO3S2/c1-12-2-5-14(6-3-12)23-9-8-22-18(21)13-4-7-16-15(10-13)19-17(20)11-24-16/h2-7,10H,8-9,11H2,1H3,(H,19,20). The summed E-state index contributed by atoms with van der Waals surface area (Å²) in [6.07, 6.45) is 0. The molecule has 0 saturated carbocycles. The van der Waals surface area contributed by atoms with Gasteiger partial charge in [-0.15, -0.1) is 23.5 Å². The van der Waals surface area contributed by atoms with Gasteiger partial charge in [0.15, 0.2) is 0 Å². The highest BCUT2D eigenvalue weighted by Gasteiger charge is 2.17. The van der Waals surface area contributed by atoms with Gasteiger partial charge in [-0.25, -0.2) is 4.79 Å². The van der Waals surface area contributed by atoms with Crippen LogP contribution in [0.4, 0.5) is 5.69 Å². The summed E-state index contributed by atoms with van der Waals surface area (Å²) in [4.78, 5) is 25.7. The summed E-state index contributed by atoms with van der Waals surface area (Å²) in [5.41, 5.74) is 2.36. The molecule has 1 aliphatic rings. The molecule has 6 heteroatoms. The largest absolute Gasteiger partial charge is 0.461 e. The highest BCUT2D eigenvalue weighted by molar-refractivity contribution is 8.00. The lowest BCUT2D eigenvalue weighted by Gasteiger charge is -2.16. The molecule has 24 heavy (non-hydrogen) atoms. The normalized spacial score (nSPS) is 13.1. The van der Waals surface area contributed by atoms with Gasteiger partial charge in [0.05, 0.1) is 17.0 Å². The number of ether oxygens (including phenoxy) is 1. The molecule has 0 unspecified atom stereocenters. The molecule has 0 saturated heterocycles. The molecule has 1 aliphatic heterocycles. The summed E-state index contributed by atoms with van der Waals surface area (Å²) >= 11 is 3.12. The monoisotopic (exact) mass is 359 g/mol. The first kappa shape index (κ1) is 16.9. The SMILES string of the molecule is Cc1ccc(SCCOC(=O)c2ccc3c(c2)NC(=O)CS3)cc1. The fourth-order valence-electron chi connectivity index (χ4n) is 2.22. The van der Waals surface area contributed by atoms with Gasteiger partial charge in [-0.3, -0.25) is 4.79 Å². The van der Waals surface area contributed by atoms with Gasteiger partial charge in [-0.05, 0) is 37.3 Å². The third kappa shape index (κ3) is 4.33. The van der Waals surface area contributed by atoms with Gasteiger partial charge in [0.2, 0.25) is 5.91 Å². The van der Waals surface area contributed by atoms with E-state index in [0.717, 1.165) is 9.79 Å². The van der Waals surface area contributed by atoms with Crippen molar-refractivity contribution in [1.82, 2.24) is 0 Å². The van der Waals surface area contributed by atoms with E-state index >= 15 is 0 Å². The van der Waals surface area contributed by atoms with Crippen LogP contribution in [0.5, 0.6) is 0 Å². The van der Waals surface area contributed by atoms with Crippen molar-refractivity contribution >= 4 is 41.1 Å². The van der Waals surface area contributed by atoms with E-state index in [-0.39, 0.29) is 11.9 Å². The van der Waals surface area contributed by atoms with Crippen molar-refractivity contribution in [2.45, 2.75) is 16.7 Å². The number of rotatable bonds is 5. The van der Waals surface area contributed by atoms with Gasteiger partial charge in [-0.1, -0.05) is 17.7 Å². The minimum atomic E-state index is -0.368. The van der Waals surface area contributed by atoms with Crippen LogP contribution in [0, 0.1) is 6.92 Å². The van der Waals surface area contributed by atoms with Gasteiger partial charge in [0.25, 0.3) is 0 Å². The Kier molecular flexibility index (Phi) is 5.48. The fraction of sp³-hybridized carbons (Fsp3) is 0.222. The first-order valence-corrected chi connectivity index (χ1v) is 9.52. The van der Waals surface area contributed by atoms with Crippen molar-refractivity contribution < 1.29 is 14.3 Å². The predicted molar refractivity (Wildman–Crippen MR) is 98.0 cm³/mol. The number of hydrogen-bond donors (Lipinski definition) is 1. The number of anilines is 1. The summed E-state index contributed by atoms with van der Waals surface area (Å²) < 4.78 is 5.31. The number of benzene rings is 2. The van der Waals surface area contributed by atoms with Crippen LogP contribution in [0.1, 0.15) is 15.9 Å². The molecule has 1 N–H and O–H groups in total. The van der Waals surface area contributed by atoms with Crippen molar-refractivity contribution in [1.29, 1.82) is 0 Å². The molecule has 0 fully saturated rings. The van der Waals surface area contributed by atoms with E-state index in [1.807, 2.05) is 6.07 Å². The Morgan fingerprint density at radius 1 is 1.25 bits per heavy atom. The van der Waals surface area contributed by atoms with Crippen LogP contribution >= 0.6 is 23.5 Å². The zero-order valence-electron chi connectivity index (χ0n) is 13.2. The zero-order chi connectivity index (χ0) is 16.9. The molecule has 1 amide bonds. The average Bonchev–Trinajstić information content (AvgIpc) is 2.59. The number of hydrogen-bond acceptors (Lipinski definition) is 5. The molecule has 2 aromatic carbocycles. The molecule has 0 bridgehead atoms. The van der Waals surface area contributed by atoms with E-state index in [4.69, 9.17) is 4.74 Å². The van der Waals surface area contributed by atoms with Crippen molar-refractivity contribution in [3.63, 3.8) is 0 Å². The molecule has 2 aromatic rings. The van der Waals surface area contributed by atoms with Crippen molar-refractivity contribution in [2.24, 2.45) is 0 Å². The van der Waals surface area contributed by atoms with Gasteiger partial charge in [0, 0.05) is 15.5 Å². The summed E-state index contributed by atoms with van der Waals surface area (Å²) in [5, 5.41) is 2.78. The Morgan fingerprint density at radius 2 is 2.04 bits per heavy atom. The maximum absolute atomic E-state index is 12.1. The van der Waals surface area contributed by atoms with Crippen LogP contribution in [0.15, 0.2) is 52.3 Å². The fourth-order valence-corrected chi connectivity index (χ4v) is 3.74. The van der Waals surface area contributed by atoms with Crippen molar-refractivity contribution in [2.75, 3.05) is 23.4 Å². The number of carbonyl (C=O) groups excluding carboxylic acids is 2. The molecular weight excluding hydrogens is 342 g/mol. The highest BCUT2D eigenvalue weighted by atomic mass is 32.2. The second kappa shape index (κ2) is 7.77.